The van der Waals surface area contributed by atoms with Gasteiger partial charge in [-0.3, -0.25) is 19.9 Å². The highest BCUT2D eigenvalue weighted by Gasteiger charge is 2.12. The van der Waals surface area contributed by atoms with Gasteiger partial charge in [-0.15, -0.1) is 0 Å². The van der Waals surface area contributed by atoms with Crippen molar-refractivity contribution in [2.24, 2.45) is 4.99 Å². The van der Waals surface area contributed by atoms with Crippen LogP contribution in [0.1, 0.15) is 15.9 Å². The van der Waals surface area contributed by atoms with Crippen molar-refractivity contribution in [1.82, 2.24) is 0 Å². The predicted molar refractivity (Wildman–Crippen MR) is 106 cm³/mol. The van der Waals surface area contributed by atoms with Gasteiger partial charge < -0.3 is 5.32 Å². The first kappa shape index (κ1) is 19.2. The molecule has 0 aliphatic rings. The van der Waals surface area contributed by atoms with E-state index in [1.54, 1.807) is 30.3 Å². The van der Waals surface area contributed by atoms with E-state index in [-0.39, 0.29) is 16.6 Å². The standard InChI is InChI=1S/C20H13ClFN3O3/c21-18-9-4-13(10-19(18)25(27)28)12-23-16-2-1-3-17(11-16)24-20(26)14-5-7-15(22)8-6-14/h1-12H,(H,24,26). The average molecular weight is 398 g/mol. The second kappa shape index (κ2) is 8.41. The Morgan fingerprint density at radius 3 is 2.57 bits per heavy atom. The molecule has 0 fully saturated rings. The summed E-state index contributed by atoms with van der Waals surface area (Å²) in [6.07, 6.45) is 1.46. The lowest BCUT2D eigenvalue weighted by atomic mass is 10.2. The fourth-order valence-electron chi connectivity index (χ4n) is 2.37. The number of nitro benzene ring substituents is 1. The quantitative estimate of drug-likeness (QED) is 0.356. The van der Waals surface area contributed by atoms with Crippen LogP contribution >= 0.6 is 11.6 Å². The summed E-state index contributed by atoms with van der Waals surface area (Å²) in [4.78, 5) is 26.9. The third-order valence-corrected chi connectivity index (χ3v) is 4.06. The van der Waals surface area contributed by atoms with Gasteiger partial charge in [0.05, 0.1) is 10.6 Å². The summed E-state index contributed by atoms with van der Waals surface area (Å²) in [5.74, 6) is -0.801. The van der Waals surface area contributed by atoms with Crippen LogP contribution in [0.3, 0.4) is 0 Å². The van der Waals surface area contributed by atoms with Crippen LogP contribution in [0.5, 0.6) is 0 Å². The van der Waals surface area contributed by atoms with Crippen molar-refractivity contribution >= 4 is 40.8 Å². The summed E-state index contributed by atoms with van der Waals surface area (Å²) in [6.45, 7) is 0. The number of halogens is 2. The molecule has 3 aromatic carbocycles. The van der Waals surface area contributed by atoms with Crippen LogP contribution in [-0.2, 0) is 0 Å². The zero-order valence-electron chi connectivity index (χ0n) is 14.3. The first-order chi connectivity index (χ1) is 13.4. The van der Waals surface area contributed by atoms with E-state index in [0.29, 0.717) is 22.5 Å². The van der Waals surface area contributed by atoms with Crippen molar-refractivity contribution < 1.29 is 14.1 Å². The van der Waals surface area contributed by atoms with Crippen molar-refractivity contribution in [3.8, 4) is 0 Å². The molecule has 1 N–H and O–H groups in total. The lowest BCUT2D eigenvalue weighted by molar-refractivity contribution is -0.384. The van der Waals surface area contributed by atoms with Crippen LogP contribution < -0.4 is 5.32 Å². The molecule has 0 aromatic heterocycles. The van der Waals surface area contributed by atoms with Crippen LogP contribution in [0.2, 0.25) is 5.02 Å². The van der Waals surface area contributed by atoms with Crippen molar-refractivity contribution in [1.29, 1.82) is 0 Å². The van der Waals surface area contributed by atoms with Gasteiger partial charge in [-0.1, -0.05) is 23.7 Å². The van der Waals surface area contributed by atoms with Gasteiger partial charge in [-0.2, -0.15) is 0 Å². The molecule has 140 valence electrons. The van der Waals surface area contributed by atoms with Gasteiger partial charge >= 0.3 is 0 Å². The van der Waals surface area contributed by atoms with Gasteiger partial charge in [-0.25, -0.2) is 4.39 Å². The third-order valence-electron chi connectivity index (χ3n) is 3.74. The number of nitrogens with zero attached hydrogens (tertiary/aromatic N) is 2. The second-order valence-corrected chi connectivity index (χ2v) is 6.14. The Labute approximate surface area is 164 Å². The van der Waals surface area contributed by atoms with Crippen molar-refractivity contribution in [3.63, 3.8) is 0 Å². The molecule has 0 atom stereocenters. The van der Waals surface area contributed by atoms with Crippen molar-refractivity contribution in [3.05, 3.63) is 98.8 Å². The normalized spacial score (nSPS) is 10.8. The summed E-state index contributed by atoms with van der Waals surface area (Å²) in [7, 11) is 0. The highest BCUT2D eigenvalue weighted by Crippen LogP contribution is 2.25. The molecule has 1 amide bonds. The number of amides is 1. The number of benzene rings is 3. The summed E-state index contributed by atoms with van der Waals surface area (Å²) >= 11 is 5.79. The average Bonchev–Trinajstić information content (AvgIpc) is 2.68. The predicted octanol–water partition coefficient (Wildman–Crippen LogP) is 5.39. The van der Waals surface area contributed by atoms with E-state index in [0.717, 1.165) is 0 Å². The molecule has 0 unspecified atom stereocenters. The molecule has 28 heavy (non-hydrogen) atoms. The Kier molecular flexibility index (Phi) is 5.76. The van der Waals surface area contributed by atoms with Crippen LogP contribution in [-0.4, -0.2) is 17.0 Å². The molecular weight excluding hydrogens is 385 g/mol. The third kappa shape index (κ3) is 4.77. The lowest BCUT2D eigenvalue weighted by Gasteiger charge is -2.06. The maximum Gasteiger partial charge on any atom is 0.288 e. The van der Waals surface area contributed by atoms with Gasteiger partial charge in [0.2, 0.25) is 0 Å². The van der Waals surface area contributed by atoms with Crippen LogP contribution in [0.25, 0.3) is 0 Å². The number of carbonyl (C=O) groups is 1. The van der Waals surface area contributed by atoms with E-state index in [1.807, 2.05) is 0 Å². The first-order valence-electron chi connectivity index (χ1n) is 8.07. The number of nitrogens with one attached hydrogen (secondary N) is 1. The van der Waals surface area contributed by atoms with Crippen molar-refractivity contribution in [2.75, 3.05) is 5.32 Å². The zero-order chi connectivity index (χ0) is 20.1. The van der Waals surface area contributed by atoms with Crippen LogP contribution in [0.4, 0.5) is 21.5 Å². The smallest absolute Gasteiger partial charge is 0.288 e. The molecule has 0 aliphatic carbocycles. The second-order valence-electron chi connectivity index (χ2n) is 5.74. The minimum Gasteiger partial charge on any atom is -0.322 e. The number of nitro groups is 1. The van der Waals surface area contributed by atoms with Gasteiger partial charge in [0.25, 0.3) is 11.6 Å². The van der Waals surface area contributed by atoms with E-state index in [4.69, 9.17) is 11.6 Å². The molecule has 0 saturated heterocycles. The summed E-state index contributed by atoms with van der Waals surface area (Å²) in [6, 6.07) is 16.3. The fourth-order valence-corrected chi connectivity index (χ4v) is 2.55. The fraction of sp³-hybridized carbons (Fsp3) is 0. The molecule has 0 bridgehead atoms. The number of carbonyl (C=O) groups excluding carboxylic acids is 1. The highest BCUT2D eigenvalue weighted by atomic mass is 35.5. The summed E-state index contributed by atoms with van der Waals surface area (Å²) < 4.78 is 13.0. The monoisotopic (exact) mass is 397 g/mol. The lowest BCUT2D eigenvalue weighted by Crippen LogP contribution is -2.11. The minimum atomic E-state index is -0.564. The van der Waals surface area contributed by atoms with E-state index >= 15 is 0 Å². The molecule has 0 spiro atoms. The first-order valence-corrected chi connectivity index (χ1v) is 8.45. The molecular formula is C20H13ClFN3O3. The number of aliphatic imine (C=N–C) groups is 1. The molecule has 0 radical (unpaired) electrons. The van der Waals surface area contributed by atoms with Gasteiger partial charge in [0.15, 0.2) is 0 Å². The number of hydrogen-bond donors (Lipinski definition) is 1. The minimum absolute atomic E-state index is 0.0488. The van der Waals surface area contributed by atoms with Gasteiger partial charge in [-0.05, 0) is 54.1 Å². The van der Waals surface area contributed by atoms with E-state index in [9.17, 15) is 19.3 Å². The maximum absolute atomic E-state index is 13.0. The summed E-state index contributed by atoms with van der Waals surface area (Å²) in [5.41, 5.74) is 1.67. The topological polar surface area (TPSA) is 84.6 Å². The zero-order valence-corrected chi connectivity index (χ0v) is 15.1. The molecule has 3 aromatic rings. The largest absolute Gasteiger partial charge is 0.322 e. The molecule has 0 saturated carbocycles. The van der Waals surface area contributed by atoms with E-state index in [2.05, 4.69) is 10.3 Å². The number of hydrogen-bond acceptors (Lipinski definition) is 4. The number of rotatable bonds is 5. The Morgan fingerprint density at radius 2 is 1.86 bits per heavy atom. The van der Waals surface area contributed by atoms with Gasteiger partial charge in [0.1, 0.15) is 10.8 Å². The summed E-state index contributed by atoms with van der Waals surface area (Å²) in [5, 5.41) is 13.7. The molecule has 0 aliphatic heterocycles. The van der Waals surface area contributed by atoms with E-state index < -0.39 is 10.7 Å². The van der Waals surface area contributed by atoms with E-state index in [1.165, 1.54) is 42.6 Å². The Morgan fingerprint density at radius 1 is 1.11 bits per heavy atom. The van der Waals surface area contributed by atoms with Crippen molar-refractivity contribution in [2.45, 2.75) is 0 Å². The SMILES string of the molecule is O=C(Nc1cccc(N=Cc2ccc(Cl)c([N+](=O)[O-])c2)c1)c1ccc(F)cc1. The van der Waals surface area contributed by atoms with Gasteiger partial charge in [0, 0.05) is 23.5 Å². The molecule has 0 heterocycles. The molecule has 6 nitrogen and oxygen atoms in total. The Hall–Kier alpha value is -3.58. The molecule has 8 heteroatoms. The molecule has 3 rings (SSSR count). The number of anilines is 1. The van der Waals surface area contributed by atoms with Crippen LogP contribution in [0, 0.1) is 15.9 Å². The highest BCUT2D eigenvalue weighted by molar-refractivity contribution is 6.32. The Bertz CT molecular complexity index is 1070. The van der Waals surface area contributed by atoms with Crippen LogP contribution in [0.15, 0.2) is 71.7 Å². The maximum atomic E-state index is 13.0. The Balaban J connectivity index is 1.75.